The fourth-order valence-electron chi connectivity index (χ4n) is 1.67. The first kappa shape index (κ1) is 10.3. The fourth-order valence-corrected chi connectivity index (χ4v) is 2.03. The third-order valence-electron chi connectivity index (χ3n) is 2.39. The van der Waals surface area contributed by atoms with E-state index in [2.05, 4.69) is 36.1 Å². The second-order valence-corrected chi connectivity index (χ2v) is 4.18. The van der Waals surface area contributed by atoms with Crippen molar-refractivity contribution < 1.29 is 4.39 Å². The Morgan fingerprint density at radius 3 is 2.82 bits per heavy atom. The minimum Gasteiger partial charge on any atom is -0.276 e. The van der Waals surface area contributed by atoms with Gasteiger partial charge in [-0.1, -0.05) is 0 Å². The summed E-state index contributed by atoms with van der Waals surface area (Å²) in [6.45, 7) is 0. The lowest BCUT2D eigenvalue weighted by atomic mass is 10.1. The molecule has 6 heteroatoms. The SMILES string of the molecule is Fc1ccc2nc(Br)nc(-c3ccn[nH]3)c2c1. The maximum absolute atomic E-state index is 13.3. The van der Waals surface area contributed by atoms with E-state index in [-0.39, 0.29) is 5.82 Å². The van der Waals surface area contributed by atoms with Crippen molar-refractivity contribution in [2.24, 2.45) is 0 Å². The van der Waals surface area contributed by atoms with E-state index in [1.165, 1.54) is 12.1 Å². The van der Waals surface area contributed by atoms with Gasteiger partial charge in [0.05, 0.1) is 11.2 Å². The van der Waals surface area contributed by atoms with Crippen molar-refractivity contribution in [3.63, 3.8) is 0 Å². The molecule has 0 aliphatic carbocycles. The van der Waals surface area contributed by atoms with Crippen LogP contribution >= 0.6 is 15.9 Å². The molecule has 2 aromatic heterocycles. The molecule has 4 nitrogen and oxygen atoms in total. The number of hydrogen-bond acceptors (Lipinski definition) is 3. The van der Waals surface area contributed by atoms with Gasteiger partial charge in [0.15, 0.2) is 4.73 Å². The second kappa shape index (κ2) is 3.89. The molecule has 0 saturated heterocycles. The molecule has 0 fully saturated rings. The van der Waals surface area contributed by atoms with E-state index in [4.69, 9.17) is 0 Å². The van der Waals surface area contributed by atoms with Crippen molar-refractivity contribution >= 4 is 26.8 Å². The average Bonchev–Trinajstić information content (AvgIpc) is 2.82. The Labute approximate surface area is 104 Å². The van der Waals surface area contributed by atoms with Gasteiger partial charge in [0, 0.05) is 11.6 Å². The summed E-state index contributed by atoms with van der Waals surface area (Å²) in [5, 5.41) is 7.32. The first-order chi connectivity index (χ1) is 8.24. The molecule has 0 saturated carbocycles. The Hall–Kier alpha value is -1.82. The largest absolute Gasteiger partial charge is 0.276 e. The van der Waals surface area contributed by atoms with Crippen LogP contribution in [0, 0.1) is 5.82 Å². The number of rotatable bonds is 1. The lowest BCUT2D eigenvalue weighted by Crippen LogP contribution is -1.92. The van der Waals surface area contributed by atoms with Gasteiger partial charge in [0.1, 0.15) is 11.5 Å². The van der Waals surface area contributed by atoms with Gasteiger partial charge in [-0.2, -0.15) is 5.10 Å². The van der Waals surface area contributed by atoms with E-state index < -0.39 is 0 Å². The molecule has 84 valence electrons. The summed E-state index contributed by atoms with van der Waals surface area (Å²) in [7, 11) is 0. The fraction of sp³-hybridized carbons (Fsp3) is 0. The van der Waals surface area contributed by atoms with Gasteiger partial charge in [-0.15, -0.1) is 0 Å². The molecule has 1 aromatic carbocycles. The van der Waals surface area contributed by atoms with Crippen LogP contribution in [-0.4, -0.2) is 20.2 Å². The third-order valence-corrected chi connectivity index (χ3v) is 2.74. The number of hydrogen-bond donors (Lipinski definition) is 1. The number of aromatic nitrogens is 4. The molecule has 0 amide bonds. The zero-order valence-electron chi connectivity index (χ0n) is 8.48. The predicted molar refractivity (Wildman–Crippen MR) is 64.8 cm³/mol. The van der Waals surface area contributed by atoms with Crippen LogP contribution in [0.15, 0.2) is 35.2 Å². The van der Waals surface area contributed by atoms with Crippen LogP contribution in [0.25, 0.3) is 22.3 Å². The molecule has 3 aromatic rings. The highest BCUT2D eigenvalue weighted by Gasteiger charge is 2.10. The summed E-state index contributed by atoms with van der Waals surface area (Å²) in [6, 6.07) is 6.19. The normalized spacial score (nSPS) is 10.9. The maximum atomic E-state index is 13.3. The Morgan fingerprint density at radius 1 is 1.18 bits per heavy atom. The first-order valence-electron chi connectivity index (χ1n) is 4.86. The van der Waals surface area contributed by atoms with Crippen molar-refractivity contribution in [2.45, 2.75) is 0 Å². The van der Waals surface area contributed by atoms with Crippen LogP contribution in [0.2, 0.25) is 0 Å². The zero-order valence-corrected chi connectivity index (χ0v) is 10.1. The number of nitrogens with one attached hydrogen (secondary N) is 1. The van der Waals surface area contributed by atoms with Crippen molar-refractivity contribution in [1.82, 2.24) is 20.2 Å². The number of aromatic amines is 1. The molecule has 0 bridgehead atoms. The Balaban J connectivity index is 2.39. The monoisotopic (exact) mass is 292 g/mol. The summed E-state index contributed by atoms with van der Waals surface area (Å²) in [5.74, 6) is -0.316. The van der Waals surface area contributed by atoms with Gasteiger partial charge in [-0.3, -0.25) is 5.10 Å². The number of benzene rings is 1. The highest BCUT2D eigenvalue weighted by atomic mass is 79.9. The van der Waals surface area contributed by atoms with E-state index in [9.17, 15) is 4.39 Å². The third kappa shape index (κ3) is 1.80. The lowest BCUT2D eigenvalue weighted by Gasteiger charge is -2.04. The summed E-state index contributed by atoms with van der Waals surface area (Å²) in [5.41, 5.74) is 2.03. The second-order valence-electron chi connectivity index (χ2n) is 3.47. The smallest absolute Gasteiger partial charge is 0.197 e. The molecule has 1 N–H and O–H groups in total. The molecule has 2 heterocycles. The van der Waals surface area contributed by atoms with Crippen molar-refractivity contribution in [1.29, 1.82) is 0 Å². The van der Waals surface area contributed by atoms with Gasteiger partial charge in [0.2, 0.25) is 0 Å². The molecule has 0 radical (unpaired) electrons. The van der Waals surface area contributed by atoms with Gasteiger partial charge in [0.25, 0.3) is 0 Å². The van der Waals surface area contributed by atoms with E-state index in [1.54, 1.807) is 18.3 Å². The Morgan fingerprint density at radius 2 is 2.06 bits per heavy atom. The topological polar surface area (TPSA) is 54.5 Å². The number of halogens is 2. The van der Waals surface area contributed by atoms with E-state index in [1.807, 2.05) is 0 Å². The summed E-state index contributed by atoms with van der Waals surface area (Å²) < 4.78 is 13.7. The highest BCUT2D eigenvalue weighted by molar-refractivity contribution is 9.10. The summed E-state index contributed by atoms with van der Waals surface area (Å²) >= 11 is 3.24. The van der Waals surface area contributed by atoms with Gasteiger partial charge >= 0.3 is 0 Å². The Bertz CT molecular complexity index is 681. The average molecular weight is 293 g/mol. The van der Waals surface area contributed by atoms with Crippen molar-refractivity contribution in [3.8, 4) is 11.4 Å². The van der Waals surface area contributed by atoms with Crippen LogP contribution < -0.4 is 0 Å². The van der Waals surface area contributed by atoms with Gasteiger partial charge < -0.3 is 0 Å². The van der Waals surface area contributed by atoms with Gasteiger partial charge in [-0.05, 0) is 40.2 Å². The van der Waals surface area contributed by atoms with Crippen molar-refractivity contribution in [2.75, 3.05) is 0 Å². The van der Waals surface area contributed by atoms with E-state index >= 15 is 0 Å². The van der Waals surface area contributed by atoms with Crippen molar-refractivity contribution in [3.05, 3.63) is 41.0 Å². The maximum Gasteiger partial charge on any atom is 0.197 e. The van der Waals surface area contributed by atoms with Crippen LogP contribution in [-0.2, 0) is 0 Å². The molecular weight excluding hydrogens is 287 g/mol. The van der Waals surface area contributed by atoms with E-state index in [0.29, 0.717) is 21.3 Å². The van der Waals surface area contributed by atoms with Crippen LogP contribution in [0.3, 0.4) is 0 Å². The molecule has 3 rings (SSSR count). The van der Waals surface area contributed by atoms with Crippen LogP contribution in [0.5, 0.6) is 0 Å². The zero-order chi connectivity index (χ0) is 11.8. The molecule has 0 atom stereocenters. The minimum atomic E-state index is -0.316. The molecule has 17 heavy (non-hydrogen) atoms. The quantitative estimate of drug-likeness (QED) is 0.702. The summed E-state index contributed by atoms with van der Waals surface area (Å²) in [4.78, 5) is 8.44. The lowest BCUT2D eigenvalue weighted by molar-refractivity contribution is 0.629. The number of fused-ring (bicyclic) bond motifs is 1. The Kier molecular flexibility index (Phi) is 2.36. The standard InChI is InChI=1S/C11H6BrFN4/c12-11-15-8-2-1-6(13)5-7(8)10(16-11)9-3-4-14-17-9/h1-5H,(H,14,17). The van der Waals surface area contributed by atoms with Gasteiger partial charge in [-0.25, -0.2) is 14.4 Å². The van der Waals surface area contributed by atoms with E-state index in [0.717, 1.165) is 5.69 Å². The number of nitrogens with zero attached hydrogens (tertiary/aromatic N) is 3. The first-order valence-corrected chi connectivity index (χ1v) is 5.66. The van der Waals surface area contributed by atoms with Crippen LogP contribution in [0.4, 0.5) is 4.39 Å². The minimum absolute atomic E-state index is 0.316. The highest BCUT2D eigenvalue weighted by Crippen LogP contribution is 2.26. The van der Waals surface area contributed by atoms with Crippen LogP contribution in [0.1, 0.15) is 0 Å². The molecule has 0 aliphatic heterocycles. The predicted octanol–water partition coefficient (Wildman–Crippen LogP) is 2.92. The molecule has 0 aliphatic rings. The summed E-state index contributed by atoms with van der Waals surface area (Å²) in [6.07, 6.45) is 1.62. The molecular formula is C11H6BrFN4. The number of H-pyrrole nitrogens is 1. The molecule has 0 unspecified atom stereocenters. The molecule has 0 spiro atoms.